The van der Waals surface area contributed by atoms with Crippen LogP contribution in [0.3, 0.4) is 0 Å². The minimum absolute atomic E-state index is 0.00987. The van der Waals surface area contributed by atoms with Crippen LogP contribution in [0.1, 0.15) is 18.1 Å². The molecule has 0 spiro atoms. The molecule has 2 aromatic carbocycles. The van der Waals surface area contributed by atoms with Crippen molar-refractivity contribution >= 4 is 53.3 Å². The highest BCUT2D eigenvalue weighted by Gasteiger charge is 2.42. The van der Waals surface area contributed by atoms with Crippen molar-refractivity contribution in [2.75, 3.05) is 14.8 Å². The standard InChI is InChI=1S/C18H19BrN2O5S2/c1-11-8-14(19)4-6-16(11)20-28(25,26)17-7-5-15(9-12(17)2)21-18(22)13(3)10-27(21,23)24/h4-9,13,20H,10H2,1-3H3. The zero-order chi connectivity index (χ0) is 20.9. The summed E-state index contributed by atoms with van der Waals surface area (Å²) in [5.41, 5.74) is 1.67. The molecule has 7 nitrogen and oxygen atoms in total. The molecule has 28 heavy (non-hydrogen) atoms. The quantitative estimate of drug-likeness (QED) is 0.714. The summed E-state index contributed by atoms with van der Waals surface area (Å²) in [6.07, 6.45) is 0. The molecule has 1 heterocycles. The number of amides is 1. The molecule has 150 valence electrons. The van der Waals surface area contributed by atoms with E-state index in [4.69, 9.17) is 0 Å². The Morgan fingerprint density at radius 3 is 2.32 bits per heavy atom. The van der Waals surface area contributed by atoms with Crippen molar-refractivity contribution in [1.29, 1.82) is 0 Å². The number of sulfonamides is 2. The molecule has 0 aromatic heterocycles. The molecule has 0 bridgehead atoms. The van der Waals surface area contributed by atoms with Crippen molar-refractivity contribution in [3.63, 3.8) is 0 Å². The molecule has 1 fully saturated rings. The number of hydrogen-bond donors (Lipinski definition) is 1. The number of carbonyl (C=O) groups excluding carboxylic acids is 1. The van der Waals surface area contributed by atoms with Gasteiger partial charge in [0.25, 0.3) is 10.0 Å². The van der Waals surface area contributed by atoms with Crippen LogP contribution in [0.5, 0.6) is 0 Å². The number of nitrogens with one attached hydrogen (secondary N) is 1. The largest absolute Gasteiger partial charge is 0.279 e. The monoisotopic (exact) mass is 486 g/mol. The predicted octanol–water partition coefficient (Wildman–Crippen LogP) is 3.18. The highest BCUT2D eigenvalue weighted by atomic mass is 79.9. The molecule has 1 amide bonds. The van der Waals surface area contributed by atoms with Crippen molar-refractivity contribution in [2.24, 2.45) is 5.92 Å². The van der Waals surface area contributed by atoms with Gasteiger partial charge in [0, 0.05) is 4.47 Å². The predicted molar refractivity (Wildman–Crippen MR) is 111 cm³/mol. The summed E-state index contributed by atoms with van der Waals surface area (Å²) in [5.74, 6) is -1.40. The van der Waals surface area contributed by atoms with Gasteiger partial charge in [-0.2, -0.15) is 0 Å². The van der Waals surface area contributed by atoms with E-state index in [9.17, 15) is 21.6 Å². The van der Waals surface area contributed by atoms with Gasteiger partial charge in [-0.15, -0.1) is 0 Å². The van der Waals surface area contributed by atoms with Gasteiger partial charge in [-0.3, -0.25) is 9.52 Å². The van der Waals surface area contributed by atoms with Crippen LogP contribution in [-0.4, -0.2) is 28.5 Å². The van der Waals surface area contributed by atoms with Gasteiger partial charge in [-0.05, 0) is 61.4 Å². The zero-order valence-corrected chi connectivity index (χ0v) is 18.7. The number of anilines is 2. The molecule has 1 unspecified atom stereocenters. The Hall–Kier alpha value is -1.91. The van der Waals surface area contributed by atoms with Crippen LogP contribution in [0, 0.1) is 19.8 Å². The lowest BCUT2D eigenvalue weighted by molar-refractivity contribution is -0.119. The summed E-state index contributed by atoms with van der Waals surface area (Å²) in [7, 11) is -7.64. The normalized spacial score (nSPS) is 19.1. The summed E-state index contributed by atoms with van der Waals surface area (Å²) < 4.78 is 54.3. The van der Waals surface area contributed by atoms with E-state index in [0.717, 1.165) is 14.3 Å². The van der Waals surface area contributed by atoms with E-state index in [1.165, 1.54) is 18.2 Å². The third-order valence-electron chi connectivity index (χ3n) is 4.48. The number of hydrogen-bond acceptors (Lipinski definition) is 5. The highest BCUT2D eigenvalue weighted by molar-refractivity contribution is 9.10. The fourth-order valence-corrected chi connectivity index (χ4v) is 6.74. The fraction of sp³-hybridized carbons (Fsp3) is 0.278. The van der Waals surface area contributed by atoms with Crippen LogP contribution < -0.4 is 9.03 Å². The average molecular weight is 487 g/mol. The second-order valence-corrected chi connectivity index (χ2v) is 11.2. The smallest absolute Gasteiger partial charge is 0.262 e. The third kappa shape index (κ3) is 3.81. The summed E-state index contributed by atoms with van der Waals surface area (Å²) in [6, 6.07) is 9.22. The van der Waals surface area contributed by atoms with Gasteiger partial charge in [0.1, 0.15) is 0 Å². The molecule has 1 N–H and O–H groups in total. The number of benzene rings is 2. The Morgan fingerprint density at radius 1 is 1.11 bits per heavy atom. The molecule has 0 radical (unpaired) electrons. The molecule has 10 heteroatoms. The van der Waals surface area contributed by atoms with E-state index < -0.39 is 31.9 Å². The minimum atomic E-state index is -3.89. The van der Waals surface area contributed by atoms with Gasteiger partial charge >= 0.3 is 0 Å². The van der Waals surface area contributed by atoms with E-state index in [1.54, 1.807) is 39.0 Å². The van der Waals surface area contributed by atoms with Crippen LogP contribution in [0.25, 0.3) is 0 Å². The number of rotatable bonds is 4. The Labute approximate surface area is 173 Å². The summed E-state index contributed by atoms with van der Waals surface area (Å²) in [5, 5.41) is 0. The maximum absolute atomic E-state index is 12.8. The lowest BCUT2D eigenvalue weighted by Crippen LogP contribution is -2.30. The van der Waals surface area contributed by atoms with E-state index in [0.29, 0.717) is 11.3 Å². The van der Waals surface area contributed by atoms with Crippen LogP contribution in [0.4, 0.5) is 11.4 Å². The number of nitrogens with zero attached hydrogens (tertiary/aromatic N) is 1. The first-order chi connectivity index (χ1) is 12.9. The molecule has 2 aromatic rings. The van der Waals surface area contributed by atoms with Gasteiger partial charge in [0.2, 0.25) is 15.9 Å². The lowest BCUT2D eigenvalue weighted by atomic mass is 10.2. The van der Waals surface area contributed by atoms with Gasteiger partial charge in [-0.25, -0.2) is 21.1 Å². The topological polar surface area (TPSA) is 101 Å². The molecule has 1 saturated heterocycles. The average Bonchev–Trinajstić information content (AvgIpc) is 2.77. The van der Waals surface area contributed by atoms with Crippen molar-refractivity contribution in [2.45, 2.75) is 25.7 Å². The van der Waals surface area contributed by atoms with E-state index in [-0.39, 0.29) is 16.3 Å². The first-order valence-electron chi connectivity index (χ1n) is 8.39. The Kier molecular flexibility index (Phi) is 5.32. The summed E-state index contributed by atoms with van der Waals surface area (Å²) in [4.78, 5) is 12.2. The van der Waals surface area contributed by atoms with E-state index in [2.05, 4.69) is 20.7 Å². The summed E-state index contributed by atoms with van der Waals surface area (Å²) >= 11 is 3.33. The van der Waals surface area contributed by atoms with Gasteiger partial charge < -0.3 is 0 Å². The van der Waals surface area contributed by atoms with Crippen molar-refractivity contribution < 1.29 is 21.6 Å². The van der Waals surface area contributed by atoms with E-state index >= 15 is 0 Å². The van der Waals surface area contributed by atoms with Crippen molar-refractivity contribution in [1.82, 2.24) is 0 Å². The lowest BCUT2D eigenvalue weighted by Gasteiger charge is -2.18. The third-order valence-corrected chi connectivity index (χ3v) is 8.36. The van der Waals surface area contributed by atoms with Gasteiger partial charge in [-0.1, -0.05) is 22.9 Å². The van der Waals surface area contributed by atoms with Crippen LogP contribution in [-0.2, 0) is 24.8 Å². The van der Waals surface area contributed by atoms with Crippen molar-refractivity contribution in [3.05, 3.63) is 52.0 Å². The zero-order valence-electron chi connectivity index (χ0n) is 15.4. The second kappa shape index (κ2) is 7.16. The maximum atomic E-state index is 12.8. The maximum Gasteiger partial charge on any atom is 0.262 e. The molecular weight excluding hydrogens is 468 g/mol. The number of carbonyl (C=O) groups is 1. The van der Waals surface area contributed by atoms with E-state index in [1.807, 2.05) is 0 Å². The molecule has 3 rings (SSSR count). The van der Waals surface area contributed by atoms with Crippen LogP contribution in [0.2, 0.25) is 0 Å². The Bertz CT molecular complexity index is 1180. The SMILES string of the molecule is Cc1cc(Br)ccc1NS(=O)(=O)c1ccc(N2C(=O)C(C)CS2(=O)=O)cc1C. The molecule has 1 atom stereocenters. The summed E-state index contributed by atoms with van der Waals surface area (Å²) in [6.45, 7) is 4.89. The highest BCUT2D eigenvalue weighted by Crippen LogP contribution is 2.31. The molecule has 1 aliphatic heterocycles. The Morgan fingerprint density at radius 2 is 1.79 bits per heavy atom. The molecular formula is C18H19BrN2O5S2. The number of aryl methyl sites for hydroxylation is 2. The molecule has 0 saturated carbocycles. The molecule has 1 aliphatic rings. The Balaban J connectivity index is 1.97. The fourth-order valence-electron chi connectivity index (χ4n) is 3.09. The van der Waals surface area contributed by atoms with Gasteiger partial charge in [0.05, 0.1) is 27.9 Å². The second-order valence-electron chi connectivity index (χ2n) is 6.80. The first-order valence-corrected chi connectivity index (χ1v) is 12.3. The first kappa shape index (κ1) is 20.8. The number of halogens is 1. The van der Waals surface area contributed by atoms with Gasteiger partial charge in [0.15, 0.2) is 0 Å². The minimum Gasteiger partial charge on any atom is -0.279 e. The van der Waals surface area contributed by atoms with Crippen molar-refractivity contribution in [3.8, 4) is 0 Å². The molecule has 0 aliphatic carbocycles. The van der Waals surface area contributed by atoms with Crippen LogP contribution >= 0.6 is 15.9 Å². The van der Waals surface area contributed by atoms with Crippen LogP contribution in [0.15, 0.2) is 45.8 Å².